The van der Waals surface area contributed by atoms with Crippen LogP contribution in [0.4, 0.5) is 0 Å². The van der Waals surface area contributed by atoms with Gasteiger partial charge in [0.25, 0.3) is 0 Å². The van der Waals surface area contributed by atoms with E-state index in [2.05, 4.69) is 25.3 Å². The first kappa shape index (κ1) is 10.4. The Labute approximate surface area is 98.1 Å². The van der Waals surface area contributed by atoms with Crippen molar-refractivity contribution in [3.8, 4) is 0 Å². The number of hydrogen-bond donors (Lipinski definition) is 0. The fourth-order valence-corrected chi connectivity index (χ4v) is 3.25. The first-order valence-electron chi connectivity index (χ1n) is 6.75. The maximum Gasteiger partial charge on any atom is 0.109 e. The molecule has 0 spiro atoms. The molecule has 1 aliphatic carbocycles. The molecule has 3 rings (SSSR count). The van der Waals surface area contributed by atoms with Crippen LogP contribution in [0.1, 0.15) is 56.7 Å². The van der Waals surface area contributed by atoms with Crippen molar-refractivity contribution in [3.63, 3.8) is 0 Å². The van der Waals surface area contributed by atoms with E-state index in [4.69, 9.17) is 4.98 Å². The van der Waals surface area contributed by atoms with Gasteiger partial charge in [0.1, 0.15) is 5.82 Å². The predicted molar refractivity (Wildman–Crippen MR) is 65.6 cm³/mol. The molecule has 88 valence electrons. The van der Waals surface area contributed by atoms with Gasteiger partial charge in [-0.15, -0.1) is 0 Å². The van der Waals surface area contributed by atoms with Crippen LogP contribution < -0.4 is 0 Å². The SMILES string of the molecule is CC1CCn2c(nc3c2CCC(C)C3C)C1. The summed E-state index contributed by atoms with van der Waals surface area (Å²) in [6, 6.07) is 0. The minimum Gasteiger partial charge on any atom is -0.332 e. The summed E-state index contributed by atoms with van der Waals surface area (Å²) in [7, 11) is 0. The van der Waals surface area contributed by atoms with Gasteiger partial charge in [-0.25, -0.2) is 4.98 Å². The molecule has 3 unspecified atom stereocenters. The number of rotatable bonds is 0. The van der Waals surface area contributed by atoms with E-state index in [9.17, 15) is 0 Å². The van der Waals surface area contributed by atoms with Gasteiger partial charge in [-0.05, 0) is 31.1 Å². The van der Waals surface area contributed by atoms with Crippen LogP contribution in [-0.4, -0.2) is 9.55 Å². The lowest BCUT2D eigenvalue weighted by atomic mass is 9.82. The standard InChI is InChI=1S/C14H22N2/c1-9-6-7-16-12-5-4-10(2)11(3)14(12)15-13(16)8-9/h9-11H,4-8H2,1-3H3. The van der Waals surface area contributed by atoms with Crippen LogP contribution in [0, 0.1) is 11.8 Å². The Hall–Kier alpha value is -0.790. The number of nitrogens with zero attached hydrogens (tertiary/aromatic N) is 2. The molecular formula is C14H22N2. The molecule has 0 bridgehead atoms. The van der Waals surface area contributed by atoms with Crippen molar-refractivity contribution in [1.29, 1.82) is 0 Å². The molecule has 2 heteroatoms. The van der Waals surface area contributed by atoms with Gasteiger partial charge >= 0.3 is 0 Å². The Morgan fingerprint density at radius 2 is 2.00 bits per heavy atom. The summed E-state index contributed by atoms with van der Waals surface area (Å²) in [4.78, 5) is 4.94. The van der Waals surface area contributed by atoms with Gasteiger partial charge in [0.15, 0.2) is 0 Å². The van der Waals surface area contributed by atoms with Gasteiger partial charge in [0.2, 0.25) is 0 Å². The van der Waals surface area contributed by atoms with Crippen LogP contribution in [0.15, 0.2) is 0 Å². The van der Waals surface area contributed by atoms with Crippen LogP contribution in [-0.2, 0) is 19.4 Å². The second-order valence-electron chi connectivity index (χ2n) is 5.91. The van der Waals surface area contributed by atoms with Crippen molar-refractivity contribution in [2.24, 2.45) is 11.8 Å². The third kappa shape index (κ3) is 1.42. The van der Waals surface area contributed by atoms with E-state index >= 15 is 0 Å². The molecule has 2 heterocycles. The summed E-state index contributed by atoms with van der Waals surface area (Å²) >= 11 is 0. The van der Waals surface area contributed by atoms with Crippen molar-refractivity contribution in [2.75, 3.05) is 0 Å². The number of hydrogen-bond acceptors (Lipinski definition) is 1. The zero-order valence-electron chi connectivity index (χ0n) is 10.7. The van der Waals surface area contributed by atoms with Crippen LogP contribution in [0.5, 0.6) is 0 Å². The highest BCUT2D eigenvalue weighted by Gasteiger charge is 2.30. The quantitative estimate of drug-likeness (QED) is 0.654. The van der Waals surface area contributed by atoms with E-state index in [1.165, 1.54) is 43.7 Å². The number of fused-ring (bicyclic) bond motifs is 3. The predicted octanol–water partition coefficient (Wildman–Crippen LogP) is 3.15. The second kappa shape index (κ2) is 3.61. The fraction of sp³-hybridized carbons (Fsp3) is 0.786. The van der Waals surface area contributed by atoms with Crippen LogP contribution >= 0.6 is 0 Å². The molecule has 1 aromatic rings. The van der Waals surface area contributed by atoms with Gasteiger partial charge < -0.3 is 4.57 Å². The lowest BCUT2D eigenvalue weighted by Crippen LogP contribution is -2.21. The van der Waals surface area contributed by atoms with E-state index in [1.54, 1.807) is 5.69 Å². The third-order valence-corrected chi connectivity index (χ3v) is 4.68. The first-order chi connectivity index (χ1) is 7.66. The zero-order valence-corrected chi connectivity index (χ0v) is 10.7. The van der Waals surface area contributed by atoms with E-state index in [0.29, 0.717) is 5.92 Å². The zero-order chi connectivity index (χ0) is 11.3. The van der Waals surface area contributed by atoms with Crippen molar-refractivity contribution in [3.05, 3.63) is 17.2 Å². The van der Waals surface area contributed by atoms with Crippen molar-refractivity contribution >= 4 is 0 Å². The Kier molecular flexibility index (Phi) is 2.34. The first-order valence-corrected chi connectivity index (χ1v) is 6.75. The average Bonchev–Trinajstić information content (AvgIpc) is 2.62. The summed E-state index contributed by atoms with van der Waals surface area (Å²) in [5, 5.41) is 0. The van der Waals surface area contributed by atoms with Crippen LogP contribution in [0.25, 0.3) is 0 Å². The molecule has 0 radical (unpaired) electrons. The molecule has 16 heavy (non-hydrogen) atoms. The second-order valence-corrected chi connectivity index (χ2v) is 5.91. The summed E-state index contributed by atoms with van der Waals surface area (Å²) < 4.78 is 2.53. The van der Waals surface area contributed by atoms with Gasteiger partial charge in [-0.2, -0.15) is 0 Å². The molecule has 3 atom stereocenters. The topological polar surface area (TPSA) is 17.8 Å². The highest BCUT2D eigenvalue weighted by atomic mass is 15.1. The fourth-order valence-electron chi connectivity index (χ4n) is 3.25. The molecule has 0 saturated heterocycles. The van der Waals surface area contributed by atoms with Crippen LogP contribution in [0.3, 0.4) is 0 Å². The highest BCUT2D eigenvalue weighted by molar-refractivity contribution is 5.25. The molecule has 2 nitrogen and oxygen atoms in total. The van der Waals surface area contributed by atoms with Crippen molar-refractivity contribution in [2.45, 2.75) is 58.9 Å². The molecule has 0 aromatic carbocycles. The summed E-state index contributed by atoms with van der Waals surface area (Å²) in [6.07, 6.45) is 5.12. The maximum atomic E-state index is 4.94. The van der Waals surface area contributed by atoms with Crippen molar-refractivity contribution in [1.82, 2.24) is 9.55 Å². The molecule has 1 aromatic heterocycles. The molecule has 0 fully saturated rings. The molecule has 0 saturated carbocycles. The maximum absolute atomic E-state index is 4.94. The Morgan fingerprint density at radius 1 is 1.19 bits per heavy atom. The molecule has 0 amide bonds. The Bertz CT molecular complexity index is 405. The summed E-state index contributed by atoms with van der Waals surface area (Å²) in [5.74, 6) is 3.66. The smallest absolute Gasteiger partial charge is 0.109 e. The third-order valence-electron chi connectivity index (χ3n) is 4.68. The van der Waals surface area contributed by atoms with Crippen LogP contribution in [0.2, 0.25) is 0 Å². The van der Waals surface area contributed by atoms with Gasteiger partial charge in [-0.1, -0.05) is 20.8 Å². The van der Waals surface area contributed by atoms with Gasteiger partial charge in [0.05, 0.1) is 5.69 Å². The normalized spacial score (nSPS) is 33.3. The molecule has 2 aliphatic rings. The monoisotopic (exact) mass is 218 g/mol. The number of aromatic nitrogens is 2. The largest absolute Gasteiger partial charge is 0.332 e. The average molecular weight is 218 g/mol. The van der Waals surface area contributed by atoms with Gasteiger partial charge in [-0.3, -0.25) is 0 Å². The minimum atomic E-state index is 0.664. The summed E-state index contributed by atoms with van der Waals surface area (Å²) in [6.45, 7) is 8.28. The van der Waals surface area contributed by atoms with E-state index in [0.717, 1.165) is 11.8 Å². The molecule has 1 aliphatic heterocycles. The van der Waals surface area contributed by atoms with E-state index in [1.807, 2.05) is 0 Å². The van der Waals surface area contributed by atoms with Crippen molar-refractivity contribution < 1.29 is 0 Å². The van der Waals surface area contributed by atoms with E-state index < -0.39 is 0 Å². The molecule has 0 N–H and O–H groups in total. The lowest BCUT2D eigenvalue weighted by molar-refractivity contribution is 0.385. The lowest BCUT2D eigenvalue weighted by Gasteiger charge is -2.27. The van der Waals surface area contributed by atoms with Gasteiger partial charge in [0, 0.05) is 24.6 Å². The number of imidazole rings is 1. The molecular weight excluding hydrogens is 196 g/mol. The minimum absolute atomic E-state index is 0.664. The van der Waals surface area contributed by atoms with E-state index in [-0.39, 0.29) is 0 Å². The summed E-state index contributed by atoms with van der Waals surface area (Å²) in [5.41, 5.74) is 2.98. The highest BCUT2D eigenvalue weighted by Crippen LogP contribution is 2.37. The Morgan fingerprint density at radius 3 is 2.81 bits per heavy atom. The Balaban J connectivity index is 2.04.